The number of carbonyl (C=O) groups is 1. The molecule has 1 amide bonds. The lowest BCUT2D eigenvalue weighted by atomic mass is 10.1. The molecule has 0 atom stereocenters. The van der Waals surface area contributed by atoms with E-state index in [1.165, 1.54) is 31.2 Å². The van der Waals surface area contributed by atoms with Gasteiger partial charge >= 0.3 is 0 Å². The molecule has 0 saturated carbocycles. The maximum atomic E-state index is 12.3. The monoisotopic (exact) mass is 382 g/mol. The number of anilines is 1. The minimum Gasteiger partial charge on any atom is -0.510 e. The van der Waals surface area contributed by atoms with Crippen LogP contribution in [0, 0.1) is 15.5 Å². The second-order valence-electron chi connectivity index (χ2n) is 5.76. The van der Waals surface area contributed by atoms with Crippen molar-refractivity contribution in [3.8, 4) is 0 Å². The summed E-state index contributed by atoms with van der Waals surface area (Å²) in [6.45, 7) is 1.28. The molecule has 2 aromatic rings. The summed E-state index contributed by atoms with van der Waals surface area (Å²) in [5, 5.41) is 37.9. The van der Waals surface area contributed by atoms with E-state index in [4.69, 9.17) is 11.1 Å². The van der Waals surface area contributed by atoms with E-state index in [0.29, 0.717) is 12.1 Å². The van der Waals surface area contributed by atoms with E-state index in [-0.39, 0.29) is 28.7 Å². The van der Waals surface area contributed by atoms with Crippen molar-refractivity contribution in [1.29, 1.82) is 5.41 Å². The van der Waals surface area contributed by atoms with Crippen LogP contribution >= 0.6 is 0 Å². The molecule has 28 heavy (non-hydrogen) atoms. The molecule has 2 aromatic carbocycles. The third-order valence-electron chi connectivity index (χ3n) is 3.47. The molecular formula is C18H18N6O4. The fourth-order valence-electron chi connectivity index (χ4n) is 2.18. The Morgan fingerprint density at radius 1 is 1.29 bits per heavy atom. The first-order valence-electron chi connectivity index (χ1n) is 8.05. The maximum absolute atomic E-state index is 12.3. The molecule has 0 heterocycles. The molecule has 10 heteroatoms. The number of non-ortho nitro benzene ring substituents is 1. The van der Waals surface area contributed by atoms with Crippen molar-refractivity contribution in [2.75, 3.05) is 5.32 Å². The summed E-state index contributed by atoms with van der Waals surface area (Å²) in [5.74, 6) is -1.09. The Kier molecular flexibility index (Phi) is 6.53. The number of amides is 1. The van der Waals surface area contributed by atoms with Crippen LogP contribution in [0.3, 0.4) is 0 Å². The minimum atomic E-state index is -0.766. The van der Waals surface area contributed by atoms with Crippen molar-refractivity contribution in [1.82, 2.24) is 0 Å². The van der Waals surface area contributed by atoms with Gasteiger partial charge in [-0.25, -0.2) is 0 Å². The topological polar surface area (TPSA) is 167 Å². The van der Waals surface area contributed by atoms with Crippen LogP contribution in [0.2, 0.25) is 0 Å². The van der Waals surface area contributed by atoms with Crippen molar-refractivity contribution in [3.05, 3.63) is 75.7 Å². The van der Waals surface area contributed by atoms with Gasteiger partial charge in [-0.3, -0.25) is 20.3 Å². The van der Waals surface area contributed by atoms with Crippen LogP contribution < -0.4 is 11.1 Å². The number of benzene rings is 2. The number of carbonyl (C=O) groups excluding carboxylic acids is 1. The molecule has 0 fully saturated rings. The molecule has 0 radical (unpaired) electrons. The smallest absolute Gasteiger partial charge is 0.279 e. The van der Waals surface area contributed by atoms with Crippen LogP contribution in [-0.4, -0.2) is 21.8 Å². The number of aliphatic hydroxyl groups excluding tert-OH is 1. The molecule has 0 aliphatic carbocycles. The maximum Gasteiger partial charge on any atom is 0.279 e. The Bertz CT molecular complexity index is 962. The Morgan fingerprint density at radius 3 is 2.54 bits per heavy atom. The third-order valence-corrected chi connectivity index (χ3v) is 3.47. The van der Waals surface area contributed by atoms with E-state index in [1.807, 2.05) is 0 Å². The molecule has 0 aromatic heterocycles. The number of nitrogens with one attached hydrogen (secondary N) is 2. The number of nitro benzene ring substituents is 1. The zero-order valence-corrected chi connectivity index (χ0v) is 14.9. The van der Waals surface area contributed by atoms with E-state index < -0.39 is 10.8 Å². The number of hydrogen-bond acceptors (Lipinski definition) is 7. The second-order valence-corrected chi connectivity index (χ2v) is 5.76. The number of hydrogen-bond donors (Lipinski definition) is 4. The van der Waals surface area contributed by atoms with Crippen LogP contribution in [-0.2, 0) is 11.2 Å². The predicted molar refractivity (Wildman–Crippen MR) is 104 cm³/mol. The molecule has 2 rings (SSSR count). The lowest BCUT2D eigenvalue weighted by molar-refractivity contribution is -0.384. The first-order chi connectivity index (χ1) is 13.3. The highest BCUT2D eigenvalue weighted by atomic mass is 16.6. The van der Waals surface area contributed by atoms with Gasteiger partial charge in [-0.15, -0.1) is 5.11 Å². The Morgan fingerprint density at radius 2 is 1.96 bits per heavy atom. The van der Waals surface area contributed by atoms with Crippen molar-refractivity contribution < 1.29 is 14.8 Å². The lowest BCUT2D eigenvalue weighted by Crippen LogP contribution is -2.14. The average molecular weight is 382 g/mol. The van der Waals surface area contributed by atoms with Gasteiger partial charge in [0.15, 0.2) is 5.70 Å². The van der Waals surface area contributed by atoms with Crippen LogP contribution in [0.15, 0.2) is 70.2 Å². The number of amidine groups is 1. The molecule has 0 aliphatic rings. The molecule has 10 nitrogen and oxygen atoms in total. The number of azo groups is 1. The van der Waals surface area contributed by atoms with Crippen LogP contribution in [0.4, 0.5) is 17.1 Å². The summed E-state index contributed by atoms with van der Waals surface area (Å²) in [6, 6.07) is 12.1. The normalized spacial score (nSPS) is 11.8. The summed E-state index contributed by atoms with van der Waals surface area (Å²) in [5.41, 5.74) is 6.25. The van der Waals surface area contributed by atoms with Crippen molar-refractivity contribution >= 4 is 28.8 Å². The number of aliphatic hydroxyl groups is 1. The largest absolute Gasteiger partial charge is 0.510 e. The van der Waals surface area contributed by atoms with Gasteiger partial charge in [0.1, 0.15) is 5.76 Å². The summed E-state index contributed by atoms with van der Waals surface area (Å²) >= 11 is 0. The third kappa shape index (κ3) is 5.73. The fourth-order valence-corrected chi connectivity index (χ4v) is 2.18. The van der Waals surface area contributed by atoms with Gasteiger partial charge in [0.2, 0.25) is 0 Å². The van der Waals surface area contributed by atoms with Gasteiger partial charge in [-0.05, 0) is 30.7 Å². The summed E-state index contributed by atoms with van der Waals surface area (Å²) < 4.78 is 0. The molecule has 0 bridgehead atoms. The molecule has 0 spiro atoms. The predicted octanol–water partition coefficient (Wildman–Crippen LogP) is 3.59. The first kappa shape index (κ1) is 20.2. The molecule has 0 aliphatic heterocycles. The second kappa shape index (κ2) is 9.03. The zero-order valence-electron chi connectivity index (χ0n) is 14.9. The van der Waals surface area contributed by atoms with Crippen LogP contribution in [0.5, 0.6) is 0 Å². The molecule has 5 N–H and O–H groups in total. The number of allylic oxidation sites excluding steroid dienone is 1. The number of rotatable bonds is 7. The highest BCUT2D eigenvalue weighted by Gasteiger charge is 2.15. The van der Waals surface area contributed by atoms with Crippen molar-refractivity contribution in [3.63, 3.8) is 0 Å². The molecule has 144 valence electrons. The first-order valence-corrected chi connectivity index (χ1v) is 8.05. The number of nitrogens with two attached hydrogens (primary N) is 1. The minimum absolute atomic E-state index is 0.0355. The van der Waals surface area contributed by atoms with Crippen molar-refractivity contribution in [2.24, 2.45) is 16.0 Å². The zero-order chi connectivity index (χ0) is 20.7. The van der Waals surface area contributed by atoms with E-state index in [0.717, 1.165) is 5.56 Å². The number of nitro groups is 1. The average Bonchev–Trinajstić information content (AvgIpc) is 2.62. The van der Waals surface area contributed by atoms with E-state index in [2.05, 4.69) is 15.5 Å². The van der Waals surface area contributed by atoms with Gasteiger partial charge < -0.3 is 16.2 Å². The quantitative estimate of drug-likeness (QED) is 0.109. The SMILES string of the molecule is CC(O)=C(N=Nc1ccc(CC(=N)N)cc1)C(=O)Nc1cccc([N+](=O)[O-])c1. The molecule has 0 unspecified atom stereocenters. The van der Waals surface area contributed by atoms with Gasteiger partial charge in [0, 0.05) is 24.2 Å². The van der Waals surface area contributed by atoms with E-state index in [9.17, 15) is 20.0 Å². The number of nitrogens with zero attached hydrogens (tertiary/aromatic N) is 3. The Balaban J connectivity index is 2.15. The van der Waals surface area contributed by atoms with Gasteiger partial charge in [-0.2, -0.15) is 5.11 Å². The standard InChI is InChI=1S/C18H18N6O4/c1-11(25)17(18(26)21-14-3-2-4-15(10-14)24(27)28)23-22-13-7-5-12(6-8-13)9-16(19)20/h2-8,10,25H,9H2,1H3,(H3,19,20)(H,21,26). The van der Waals surface area contributed by atoms with Crippen LogP contribution in [0.1, 0.15) is 12.5 Å². The Labute approximate surface area is 160 Å². The van der Waals surface area contributed by atoms with Gasteiger partial charge in [0.25, 0.3) is 11.6 Å². The highest BCUT2D eigenvalue weighted by molar-refractivity contribution is 6.03. The van der Waals surface area contributed by atoms with Crippen LogP contribution in [0.25, 0.3) is 0 Å². The van der Waals surface area contributed by atoms with E-state index in [1.54, 1.807) is 24.3 Å². The summed E-state index contributed by atoms with van der Waals surface area (Å²) in [4.78, 5) is 22.6. The summed E-state index contributed by atoms with van der Waals surface area (Å²) in [7, 11) is 0. The summed E-state index contributed by atoms with van der Waals surface area (Å²) in [6.07, 6.45) is 0.309. The lowest BCUT2D eigenvalue weighted by Gasteiger charge is -2.06. The van der Waals surface area contributed by atoms with Gasteiger partial charge in [0.05, 0.1) is 16.4 Å². The van der Waals surface area contributed by atoms with Gasteiger partial charge in [-0.1, -0.05) is 18.2 Å². The van der Waals surface area contributed by atoms with Crippen molar-refractivity contribution in [2.45, 2.75) is 13.3 Å². The highest BCUT2D eigenvalue weighted by Crippen LogP contribution is 2.20. The Hall–Kier alpha value is -4.08. The van der Waals surface area contributed by atoms with E-state index >= 15 is 0 Å². The molecular weight excluding hydrogens is 364 g/mol. The fraction of sp³-hybridized carbons (Fsp3) is 0.111. The molecule has 0 saturated heterocycles.